The highest BCUT2D eigenvalue weighted by Gasteiger charge is 2.61. The summed E-state index contributed by atoms with van der Waals surface area (Å²) in [5.41, 5.74) is 4.09. The fourth-order valence-electron chi connectivity index (χ4n) is 3.66. The van der Waals surface area contributed by atoms with E-state index in [1.54, 1.807) is 17.0 Å². The number of aryl methyl sites for hydroxylation is 2. The Hall–Kier alpha value is -2.60. The van der Waals surface area contributed by atoms with Gasteiger partial charge in [0.25, 0.3) is 5.91 Å². The van der Waals surface area contributed by atoms with Crippen LogP contribution in [0.1, 0.15) is 23.6 Å². The van der Waals surface area contributed by atoms with Crippen molar-refractivity contribution >= 4 is 40.9 Å². The second-order valence-corrected chi connectivity index (χ2v) is 7.78. The van der Waals surface area contributed by atoms with Crippen molar-refractivity contribution in [2.45, 2.75) is 25.6 Å². The molecule has 3 amide bonds. The third kappa shape index (κ3) is 2.08. The topological polar surface area (TPSA) is 57.7 Å². The van der Waals surface area contributed by atoms with Gasteiger partial charge < -0.3 is 0 Å². The average molecular weight is 366 g/mol. The van der Waals surface area contributed by atoms with Crippen molar-refractivity contribution in [3.63, 3.8) is 0 Å². The summed E-state index contributed by atoms with van der Waals surface area (Å²) in [6.45, 7) is 5.35. The molecule has 1 spiro atoms. The molecule has 0 aromatic heterocycles. The number of amides is 3. The van der Waals surface area contributed by atoms with E-state index in [0.717, 1.165) is 11.1 Å². The van der Waals surface area contributed by atoms with E-state index in [2.05, 4.69) is 0 Å². The summed E-state index contributed by atoms with van der Waals surface area (Å²) >= 11 is 1.28. The highest BCUT2D eigenvalue weighted by Crippen LogP contribution is 2.55. The second kappa shape index (κ2) is 5.71. The van der Waals surface area contributed by atoms with Crippen LogP contribution >= 0.6 is 11.8 Å². The van der Waals surface area contributed by atoms with E-state index in [1.165, 1.54) is 23.6 Å². The Morgan fingerprint density at radius 1 is 1.08 bits per heavy atom. The molecule has 0 bridgehead atoms. The van der Waals surface area contributed by atoms with Crippen LogP contribution in [0.4, 0.5) is 11.4 Å². The summed E-state index contributed by atoms with van der Waals surface area (Å²) in [6.07, 6.45) is 0. The smallest absolute Gasteiger partial charge is 0.275 e. The first-order valence-corrected chi connectivity index (χ1v) is 9.35. The maximum absolute atomic E-state index is 13.4. The summed E-state index contributed by atoms with van der Waals surface area (Å²) in [4.78, 5) is 39.9. The van der Waals surface area contributed by atoms with Crippen molar-refractivity contribution in [1.82, 2.24) is 0 Å². The molecule has 2 aromatic carbocycles. The highest BCUT2D eigenvalue weighted by molar-refractivity contribution is 8.02. The number of hydrogen-bond donors (Lipinski definition) is 0. The van der Waals surface area contributed by atoms with Gasteiger partial charge in [-0.2, -0.15) is 0 Å². The Morgan fingerprint density at radius 3 is 2.50 bits per heavy atom. The van der Waals surface area contributed by atoms with Crippen LogP contribution in [0.15, 0.2) is 42.5 Å². The maximum Gasteiger partial charge on any atom is 0.275 e. The molecule has 0 unspecified atom stereocenters. The zero-order chi connectivity index (χ0) is 18.6. The minimum absolute atomic E-state index is 0.133. The molecule has 0 radical (unpaired) electrons. The van der Waals surface area contributed by atoms with Gasteiger partial charge in [0.15, 0.2) is 0 Å². The van der Waals surface area contributed by atoms with Gasteiger partial charge in [0.05, 0.1) is 11.4 Å². The van der Waals surface area contributed by atoms with E-state index >= 15 is 0 Å². The van der Waals surface area contributed by atoms with Crippen LogP contribution in [-0.2, 0) is 19.3 Å². The average Bonchev–Trinajstić information content (AvgIpc) is 3.07. The lowest BCUT2D eigenvalue weighted by Crippen LogP contribution is -2.50. The molecule has 0 N–H and O–H groups in total. The van der Waals surface area contributed by atoms with Crippen LogP contribution in [0.5, 0.6) is 0 Å². The van der Waals surface area contributed by atoms with Gasteiger partial charge in [-0.05, 0) is 43.2 Å². The van der Waals surface area contributed by atoms with Crippen LogP contribution < -0.4 is 9.80 Å². The molecule has 6 heteroatoms. The molecule has 1 atom stereocenters. The third-order valence-corrected chi connectivity index (χ3v) is 6.42. The second-order valence-electron chi connectivity index (χ2n) is 6.61. The molecule has 0 aliphatic carbocycles. The zero-order valence-corrected chi connectivity index (χ0v) is 15.6. The first kappa shape index (κ1) is 16.8. The van der Waals surface area contributed by atoms with E-state index in [9.17, 15) is 14.4 Å². The first-order chi connectivity index (χ1) is 12.4. The van der Waals surface area contributed by atoms with Crippen LogP contribution in [0.2, 0.25) is 0 Å². The minimum Gasteiger partial charge on any atom is -0.283 e. The van der Waals surface area contributed by atoms with E-state index in [1.807, 2.05) is 44.2 Å². The molecule has 5 nitrogen and oxygen atoms in total. The summed E-state index contributed by atoms with van der Waals surface area (Å²) in [5, 5.41) is 0. The van der Waals surface area contributed by atoms with Crippen molar-refractivity contribution in [1.29, 1.82) is 0 Å². The van der Waals surface area contributed by atoms with Gasteiger partial charge in [0.2, 0.25) is 16.7 Å². The molecule has 1 fully saturated rings. The molecule has 2 aromatic rings. The summed E-state index contributed by atoms with van der Waals surface area (Å²) in [6, 6.07) is 12.9. The minimum atomic E-state index is -1.22. The lowest BCUT2D eigenvalue weighted by molar-refractivity contribution is -0.128. The predicted molar refractivity (Wildman–Crippen MR) is 102 cm³/mol. The maximum atomic E-state index is 13.4. The summed E-state index contributed by atoms with van der Waals surface area (Å²) in [5.74, 6) is -0.662. The number of anilines is 2. The van der Waals surface area contributed by atoms with Gasteiger partial charge in [-0.1, -0.05) is 24.3 Å². The monoisotopic (exact) mass is 366 g/mol. The van der Waals surface area contributed by atoms with E-state index in [4.69, 9.17) is 0 Å². The number of thioether (sulfide) groups is 1. The predicted octanol–water partition coefficient (Wildman–Crippen LogP) is 3.13. The zero-order valence-electron chi connectivity index (χ0n) is 14.8. The van der Waals surface area contributed by atoms with Gasteiger partial charge in [0, 0.05) is 18.2 Å². The van der Waals surface area contributed by atoms with Crippen molar-refractivity contribution in [2.24, 2.45) is 0 Å². The molecule has 2 aliphatic heterocycles. The molecule has 1 saturated heterocycles. The SMILES string of the molecule is CC(=O)N1C(=O)[C@@]2(SCC(=O)N2c2ccc(C)c(C)c2)c2ccccc21. The highest BCUT2D eigenvalue weighted by atomic mass is 32.2. The molecule has 26 heavy (non-hydrogen) atoms. The third-order valence-electron chi connectivity index (χ3n) is 5.04. The Labute approximate surface area is 156 Å². The number of carbonyl (C=O) groups is 3. The molecule has 0 saturated carbocycles. The Morgan fingerprint density at radius 2 is 1.81 bits per heavy atom. The largest absolute Gasteiger partial charge is 0.283 e. The van der Waals surface area contributed by atoms with Crippen molar-refractivity contribution in [3.8, 4) is 0 Å². The fourth-order valence-corrected chi connectivity index (χ4v) is 5.00. The number of hydrogen-bond acceptors (Lipinski definition) is 4. The number of carbonyl (C=O) groups excluding carboxylic acids is 3. The van der Waals surface area contributed by atoms with Crippen LogP contribution in [0, 0.1) is 13.8 Å². The summed E-state index contributed by atoms with van der Waals surface area (Å²) in [7, 11) is 0. The molecule has 2 aliphatic rings. The van der Waals surface area contributed by atoms with Crippen molar-refractivity contribution in [3.05, 3.63) is 59.2 Å². The van der Waals surface area contributed by atoms with Gasteiger partial charge in [0.1, 0.15) is 0 Å². The van der Waals surface area contributed by atoms with Crippen molar-refractivity contribution < 1.29 is 14.4 Å². The number of rotatable bonds is 1. The molecular weight excluding hydrogens is 348 g/mol. The normalized spacial score (nSPS) is 21.7. The van der Waals surface area contributed by atoms with Gasteiger partial charge >= 0.3 is 0 Å². The number of imide groups is 1. The summed E-state index contributed by atoms with van der Waals surface area (Å²) < 4.78 is 0. The lowest BCUT2D eigenvalue weighted by atomic mass is 10.0. The standard InChI is InChI=1S/C20H18N2O3S/c1-12-8-9-15(10-13(12)2)22-18(24)11-26-20(22)16-6-4-5-7-17(16)21(14(3)23)19(20)25/h4-10H,11H2,1-3H3/t20-/m0/s1. The van der Waals surface area contributed by atoms with Crippen LogP contribution in [-0.4, -0.2) is 23.5 Å². The number of nitrogens with zero attached hydrogens (tertiary/aromatic N) is 2. The van der Waals surface area contributed by atoms with E-state index in [0.29, 0.717) is 16.9 Å². The number of para-hydroxylation sites is 1. The molecule has 4 rings (SSSR count). The Bertz CT molecular complexity index is 971. The molecule has 132 valence electrons. The van der Waals surface area contributed by atoms with E-state index in [-0.39, 0.29) is 23.5 Å². The Kier molecular flexibility index (Phi) is 3.70. The van der Waals surface area contributed by atoms with Crippen LogP contribution in [0.25, 0.3) is 0 Å². The van der Waals surface area contributed by atoms with Crippen LogP contribution in [0.3, 0.4) is 0 Å². The fraction of sp³-hybridized carbons (Fsp3) is 0.250. The molecular formula is C20H18N2O3S. The first-order valence-electron chi connectivity index (χ1n) is 8.37. The van der Waals surface area contributed by atoms with Gasteiger partial charge in [-0.3, -0.25) is 19.3 Å². The quantitative estimate of drug-likeness (QED) is 0.778. The van der Waals surface area contributed by atoms with E-state index < -0.39 is 4.87 Å². The van der Waals surface area contributed by atoms with Gasteiger partial charge in [-0.15, -0.1) is 11.8 Å². The Balaban J connectivity index is 1.96. The van der Waals surface area contributed by atoms with Gasteiger partial charge in [-0.25, -0.2) is 4.90 Å². The number of benzene rings is 2. The molecule has 2 heterocycles. The van der Waals surface area contributed by atoms with Crippen molar-refractivity contribution in [2.75, 3.05) is 15.6 Å². The number of fused-ring (bicyclic) bond motifs is 2. The lowest BCUT2D eigenvalue weighted by Gasteiger charge is -2.33.